The Morgan fingerprint density at radius 3 is 1.22 bits per heavy atom. The Balaban J connectivity index is 4.42. The number of esters is 1. The molecule has 0 aliphatic rings. The maximum absolute atomic E-state index is 13.2. The van der Waals surface area contributed by atoms with E-state index < -0.39 is 18.2 Å². The van der Waals surface area contributed by atoms with Gasteiger partial charge in [0.25, 0.3) is 0 Å². The Kier molecular flexibility index (Phi) is 45.5. The summed E-state index contributed by atoms with van der Waals surface area (Å²) >= 11 is 0. The second-order valence-electron chi connectivity index (χ2n) is 17.9. The number of hydrogen-bond acceptors (Lipinski definition) is 5. The highest BCUT2D eigenvalue weighted by molar-refractivity contribution is 5.77. The smallest absolute Gasteiger partial charge is 0.306 e. The minimum absolute atomic E-state index is 0.0779. The Labute approximate surface area is 361 Å². The van der Waals surface area contributed by atoms with Crippen LogP contribution in [0.1, 0.15) is 284 Å². The van der Waals surface area contributed by atoms with E-state index in [1.165, 1.54) is 186 Å². The zero-order chi connectivity index (χ0) is 42.4. The number of rotatable bonds is 47. The maximum Gasteiger partial charge on any atom is 0.306 e. The third kappa shape index (κ3) is 41.3. The SMILES string of the molecule is CCCCCCCCC/C=C\CCCCCC(=O)OC(CCCCCCCCCCC)CC(=O)NC(CO)C(O)CCCCCCCCCCCCCCCCCC. The average molecular weight is 820 g/mol. The van der Waals surface area contributed by atoms with Crippen LogP contribution in [-0.4, -0.2) is 46.9 Å². The van der Waals surface area contributed by atoms with E-state index in [2.05, 4.69) is 38.2 Å². The molecule has 0 radical (unpaired) electrons. The highest BCUT2D eigenvalue weighted by atomic mass is 16.5. The van der Waals surface area contributed by atoms with Crippen molar-refractivity contribution >= 4 is 11.9 Å². The molecule has 58 heavy (non-hydrogen) atoms. The standard InChI is InChI=1S/C52H101NO5/c1-4-7-10-13-16-19-21-23-25-26-27-29-32-35-38-41-44-50(55)49(47-54)53-51(56)46-48(43-40-37-34-31-18-15-12-9-6-3)58-52(57)45-42-39-36-33-30-28-24-22-20-17-14-11-8-5-2/h28,30,48-50,54-55H,4-27,29,31-47H2,1-3H3,(H,53,56)/b30-28-. The van der Waals surface area contributed by atoms with E-state index in [-0.39, 0.29) is 24.9 Å². The second kappa shape index (κ2) is 46.7. The Hall–Kier alpha value is -1.40. The molecule has 0 saturated heterocycles. The van der Waals surface area contributed by atoms with E-state index >= 15 is 0 Å². The first-order valence-electron chi connectivity index (χ1n) is 25.9. The van der Waals surface area contributed by atoms with Crippen LogP contribution in [0.5, 0.6) is 0 Å². The molecule has 0 aromatic rings. The maximum atomic E-state index is 13.2. The van der Waals surface area contributed by atoms with Crippen LogP contribution in [0.25, 0.3) is 0 Å². The molecule has 0 aromatic heterocycles. The summed E-state index contributed by atoms with van der Waals surface area (Å²) in [6, 6.07) is -0.697. The molecule has 0 aliphatic carbocycles. The molecule has 0 fully saturated rings. The van der Waals surface area contributed by atoms with Crippen molar-refractivity contribution < 1.29 is 24.5 Å². The first-order chi connectivity index (χ1) is 28.5. The second-order valence-corrected chi connectivity index (χ2v) is 17.9. The van der Waals surface area contributed by atoms with Crippen LogP contribution in [-0.2, 0) is 14.3 Å². The number of hydrogen-bond donors (Lipinski definition) is 3. The van der Waals surface area contributed by atoms with Gasteiger partial charge in [-0.2, -0.15) is 0 Å². The van der Waals surface area contributed by atoms with Gasteiger partial charge in [-0.15, -0.1) is 0 Å². The fourth-order valence-electron chi connectivity index (χ4n) is 8.13. The first-order valence-corrected chi connectivity index (χ1v) is 25.9. The third-order valence-corrected chi connectivity index (χ3v) is 12.1. The van der Waals surface area contributed by atoms with E-state index in [9.17, 15) is 19.8 Å². The fraction of sp³-hybridized carbons (Fsp3) is 0.923. The third-order valence-electron chi connectivity index (χ3n) is 12.1. The lowest BCUT2D eigenvalue weighted by Gasteiger charge is -2.24. The van der Waals surface area contributed by atoms with Crippen LogP contribution < -0.4 is 5.32 Å². The van der Waals surface area contributed by atoms with Gasteiger partial charge >= 0.3 is 5.97 Å². The topological polar surface area (TPSA) is 95.9 Å². The van der Waals surface area contributed by atoms with Crippen molar-refractivity contribution in [1.29, 1.82) is 0 Å². The average Bonchev–Trinajstić information content (AvgIpc) is 3.22. The quantitative estimate of drug-likeness (QED) is 0.0323. The molecule has 0 bridgehead atoms. The lowest BCUT2D eigenvalue weighted by molar-refractivity contribution is -0.151. The van der Waals surface area contributed by atoms with Crippen molar-refractivity contribution in [2.24, 2.45) is 0 Å². The molecule has 0 heterocycles. The predicted molar refractivity (Wildman–Crippen MR) is 250 cm³/mol. The highest BCUT2D eigenvalue weighted by Crippen LogP contribution is 2.18. The van der Waals surface area contributed by atoms with Gasteiger partial charge in [-0.25, -0.2) is 0 Å². The first kappa shape index (κ1) is 56.6. The zero-order valence-electron chi connectivity index (χ0n) is 39.2. The molecule has 3 N–H and O–H groups in total. The van der Waals surface area contributed by atoms with Crippen molar-refractivity contribution in [3.8, 4) is 0 Å². The summed E-state index contributed by atoms with van der Waals surface area (Å²) < 4.78 is 5.91. The van der Waals surface area contributed by atoms with E-state index in [0.717, 1.165) is 51.4 Å². The highest BCUT2D eigenvalue weighted by Gasteiger charge is 2.24. The number of carbonyl (C=O) groups is 2. The molecule has 6 heteroatoms. The largest absolute Gasteiger partial charge is 0.462 e. The van der Waals surface area contributed by atoms with E-state index in [1.54, 1.807) is 0 Å². The molecule has 6 nitrogen and oxygen atoms in total. The molecule has 0 aliphatic heterocycles. The summed E-state index contributed by atoms with van der Waals surface area (Å²) in [5.74, 6) is -0.479. The van der Waals surface area contributed by atoms with Crippen LogP contribution >= 0.6 is 0 Å². The summed E-state index contributed by atoms with van der Waals surface area (Å²) in [6.45, 7) is 6.48. The van der Waals surface area contributed by atoms with Gasteiger partial charge in [-0.3, -0.25) is 9.59 Å². The van der Waals surface area contributed by atoms with Gasteiger partial charge in [0.1, 0.15) is 6.10 Å². The number of ether oxygens (including phenoxy) is 1. The van der Waals surface area contributed by atoms with Crippen LogP contribution in [0.3, 0.4) is 0 Å². The summed E-state index contributed by atoms with van der Waals surface area (Å²) in [7, 11) is 0. The number of amides is 1. The summed E-state index contributed by atoms with van der Waals surface area (Å²) in [5, 5.41) is 23.8. The van der Waals surface area contributed by atoms with E-state index in [1.807, 2.05) is 0 Å². The summed E-state index contributed by atoms with van der Waals surface area (Å²) in [6.07, 6.45) is 51.3. The Morgan fingerprint density at radius 1 is 0.483 bits per heavy atom. The molecule has 344 valence electrons. The van der Waals surface area contributed by atoms with Gasteiger partial charge in [-0.1, -0.05) is 232 Å². The molecule has 0 spiro atoms. The van der Waals surface area contributed by atoms with Gasteiger partial charge in [0.15, 0.2) is 0 Å². The lowest BCUT2D eigenvalue weighted by atomic mass is 10.0. The number of nitrogens with one attached hydrogen (secondary N) is 1. The number of aliphatic hydroxyl groups is 2. The van der Waals surface area contributed by atoms with Gasteiger partial charge < -0.3 is 20.3 Å². The van der Waals surface area contributed by atoms with Crippen molar-refractivity contribution in [3.63, 3.8) is 0 Å². The van der Waals surface area contributed by atoms with Gasteiger partial charge in [-0.05, 0) is 51.4 Å². The molecule has 0 rings (SSSR count). The Morgan fingerprint density at radius 2 is 0.828 bits per heavy atom. The predicted octanol–water partition coefficient (Wildman–Crippen LogP) is 15.3. The number of unbranched alkanes of at least 4 members (excludes halogenated alkanes) is 33. The van der Waals surface area contributed by atoms with Crippen molar-refractivity contribution in [2.75, 3.05) is 6.61 Å². The van der Waals surface area contributed by atoms with Gasteiger partial charge in [0.2, 0.25) is 5.91 Å². The minimum atomic E-state index is -0.783. The lowest BCUT2D eigenvalue weighted by Crippen LogP contribution is -2.46. The normalized spacial score (nSPS) is 13.3. The fourth-order valence-corrected chi connectivity index (χ4v) is 8.13. The van der Waals surface area contributed by atoms with Gasteiger partial charge in [0, 0.05) is 6.42 Å². The minimum Gasteiger partial charge on any atom is -0.462 e. The van der Waals surface area contributed by atoms with Gasteiger partial charge in [0.05, 0.1) is 25.2 Å². The van der Waals surface area contributed by atoms with Crippen LogP contribution in [0.15, 0.2) is 12.2 Å². The summed E-state index contributed by atoms with van der Waals surface area (Å²) in [4.78, 5) is 26.0. The number of carbonyl (C=O) groups excluding carboxylic acids is 2. The van der Waals surface area contributed by atoms with Crippen molar-refractivity contribution in [1.82, 2.24) is 5.32 Å². The molecule has 3 atom stereocenters. The summed E-state index contributed by atoms with van der Waals surface area (Å²) in [5.41, 5.74) is 0. The van der Waals surface area contributed by atoms with Crippen molar-refractivity contribution in [3.05, 3.63) is 12.2 Å². The monoisotopic (exact) mass is 820 g/mol. The van der Waals surface area contributed by atoms with E-state index in [0.29, 0.717) is 19.3 Å². The van der Waals surface area contributed by atoms with Crippen LogP contribution in [0.2, 0.25) is 0 Å². The Bertz CT molecular complexity index is 878. The molecule has 1 amide bonds. The molecule has 0 aromatic carbocycles. The molecule has 0 saturated carbocycles. The van der Waals surface area contributed by atoms with Crippen molar-refractivity contribution in [2.45, 2.75) is 302 Å². The molecular weight excluding hydrogens is 719 g/mol. The number of aliphatic hydroxyl groups excluding tert-OH is 2. The van der Waals surface area contributed by atoms with Crippen LogP contribution in [0, 0.1) is 0 Å². The zero-order valence-corrected chi connectivity index (χ0v) is 39.2. The number of allylic oxidation sites excluding steroid dienone is 2. The molecular formula is C52H101NO5. The van der Waals surface area contributed by atoms with Crippen LogP contribution in [0.4, 0.5) is 0 Å². The molecule has 3 unspecified atom stereocenters. The van der Waals surface area contributed by atoms with E-state index in [4.69, 9.17) is 4.74 Å².